The Morgan fingerprint density at radius 1 is 1.38 bits per heavy atom. The zero-order chi connectivity index (χ0) is 17.8. The minimum atomic E-state index is -0.0577. The minimum absolute atomic E-state index is 0. The average molecular weight is 398 g/mol. The van der Waals surface area contributed by atoms with E-state index in [0.717, 1.165) is 23.6 Å². The second-order valence-electron chi connectivity index (χ2n) is 6.09. The molecule has 3 rings (SSSR count). The normalized spacial score (nSPS) is 16.8. The predicted octanol–water partition coefficient (Wildman–Crippen LogP) is 2.21. The van der Waals surface area contributed by atoms with Crippen LogP contribution in [0, 0.1) is 6.92 Å². The highest BCUT2D eigenvalue weighted by Gasteiger charge is 2.29. The SMILES string of the molecule is COc1ccccc1C1CNCCN1C(=O)CCn1c(C)csc1=O.Cl. The zero-order valence-corrected chi connectivity index (χ0v) is 16.6. The fourth-order valence-electron chi connectivity index (χ4n) is 3.25. The number of hydrogen-bond donors (Lipinski definition) is 1. The van der Waals surface area contributed by atoms with Crippen LogP contribution in [0.5, 0.6) is 5.75 Å². The van der Waals surface area contributed by atoms with Crippen LogP contribution in [0.3, 0.4) is 0 Å². The van der Waals surface area contributed by atoms with Crippen molar-refractivity contribution < 1.29 is 9.53 Å². The summed E-state index contributed by atoms with van der Waals surface area (Å²) < 4.78 is 7.14. The maximum absolute atomic E-state index is 12.8. The Balaban J connectivity index is 0.00000243. The molecule has 0 saturated carbocycles. The van der Waals surface area contributed by atoms with Crippen LogP contribution >= 0.6 is 23.7 Å². The molecule has 142 valence electrons. The van der Waals surface area contributed by atoms with Crippen LogP contribution in [0.15, 0.2) is 34.4 Å². The molecule has 1 aliphatic heterocycles. The van der Waals surface area contributed by atoms with Gasteiger partial charge in [0.25, 0.3) is 0 Å². The van der Waals surface area contributed by atoms with Crippen molar-refractivity contribution in [2.24, 2.45) is 0 Å². The number of amides is 1. The molecule has 2 aromatic rings. The average Bonchev–Trinajstić information content (AvgIpc) is 2.97. The highest BCUT2D eigenvalue weighted by molar-refractivity contribution is 7.07. The van der Waals surface area contributed by atoms with E-state index >= 15 is 0 Å². The number of methoxy groups -OCH3 is 1. The summed E-state index contributed by atoms with van der Waals surface area (Å²) in [5.41, 5.74) is 1.92. The molecular weight excluding hydrogens is 374 g/mol. The Morgan fingerprint density at radius 3 is 2.85 bits per heavy atom. The highest BCUT2D eigenvalue weighted by atomic mass is 35.5. The summed E-state index contributed by atoms with van der Waals surface area (Å²) in [7, 11) is 1.65. The first-order chi connectivity index (χ1) is 12.1. The Labute approximate surface area is 163 Å². The molecule has 1 aromatic heterocycles. The van der Waals surface area contributed by atoms with Gasteiger partial charge in [-0.1, -0.05) is 29.5 Å². The van der Waals surface area contributed by atoms with Crippen molar-refractivity contribution in [3.8, 4) is 5.75 Å². The number of nitrogens with one attached hydrogen (secondary N) is 1. The van der Waals surface area contributed by atoms with Gasteiger partial charge in [-0.25, -0.2) is 0 Å². The third kappa shape index (κ3) is 4.28. The molecule has 1 saturated heterocycles. The van der Waals surface area contributed by atoms with Crippen molar-refractivity contribution in [1.82, 2.24) is 14.8 Å². The van der Waals surface area contributed by atoms with Crippen LogP contribution in [0.1, 0.15) is 23.7 Å². The highest BCUT2D eigenvalue weighted by Crippen LogP contribution is 2.30. The maximum atomic E-state index is 12.8. The van der Waals surface area contributed by atoms with E-state index in [4.69, 9.17) is 4.74 Å². The lowest BCUT2D eigenvalue weighted by Crippen LogP contribution is -2.49. The molecule has 2 heterocycles. The van der Waals surface area contributed by atoms with Crippen LogP contribution < -0.4 is 14.9 Å². The van der Waals surface area contributed by atoms with Gasteiger partial charge in [0.15, 0.2) is 0 Å². The van der Waals surface area contributed by atoms with Crippen molar-refractivity contribution in [2.45, 2.75) is 25.9 Å². The summed E-state index contributed by atoms with van der Waals surface area (Å²) in [4.78, 5) is 26.6. The summed E-state index contributed by atoms with van der Waals surface area (Å²) in [6.07, 6.45) is 0.323. The first-order valence-electron chi connectivity index (χ1n) is 8.40. The summed E-state index contributed by atoms with van der Waals surface area (Å²) in [5, 5.41) is 5.18. The van der Waals surface area contributed by atoms with Crippen molar-refractivity contribution in [1.29, 1.82) is 0 Å². The van der Waals surface area contributed by atoms with Crippen molar-refractivity contribution >= 4 is 29.7 Å². The second kappa shape index (κ2) is 9.21. The Hall–Kier alpha value is -1.83. The molecule has 1 aliphatic rings. The number of halogens is 1. The lowest BCUT2D eigenvalue weighted by atomic mass is 10.0. The van der Waals surface area contributed by atoms with Crippen molar-refractivity contribution in [3.63, 3.8) is 0 Å². The third-order valence-electron chi connectivity index (χ3n) is 4.59. The number of hydrogen-bond acceptors (Lipinski definition) is 5. The van der Waals surface area contributed by atoms with Gasteiger partial charge in [0, 0.05) is 49.2 Å². The van der Waals surface area contributed by atoms with E-state index < -0.39 is 0 Å². The number of piperazine rings is 1. The van der Waals surface area contributed by atoms with E-state index in [1.165, 1.54) is 11.3 Å². The number of aromatic nitrogens is 1. The van der Waals surface area contributed by atoms with E-state index in [1.54, 1.807) is 11.7 Å². The largest absolute Gasteiger partial charge is 0.496 e. The number of nitrogens with zero attached hydrogens (tertiary/aromatic N) is 2. The molecule has 0 bridgehead atoms. The molecule has 0 radical (unpaired) electrons. The number of carbonyl (C=O) groups is 1. The van der Waals surface area contributed by atoms with E-state index in [2.05, 4.69) is 5.32 Å². The van der Waals surface area contributed by atoms with E-state index in [0.29, 0.717) is 26.1 Å². The second-order valence-corrected chi connectivity index (χ2v) is 6.91. The topological polar surface area (TPSA) is 63.6 Å². The molecule has 8 heteroatoms. The molecule has 1 aromatic carbocycles. The Bertz CT molecular complexity index is 805. The smallest absolute Gasteiger partial charge is 0.307 e. The monoisotopic (exact) mass is 397 g/mol. The van der Waals surface area contributed by atoms with Gasteiger partial charge in [-0.3, -0.25) is 9.59 Å². The van der Waals surface area contributed by atoms with E-state index in [-0.39, 0.29) is 29.2 Å². The van der Waals surface area contributed by atoms with Gasteiger partial charge in [-0.15, -0.1) is 12.4 Å². The molecular formula is C18H24ClN3O3S. The number of thiazole rings is 1. The number of rotatable bonds is 5. The summed E-state index contributed by atoms with van der Waals surface area (Å²) in [6.45, 7) is 4.44. The molecule has 6 nitrogen and oxygen atoms in total. The molecule has 0 spiro atoms. The Kier molecular flexibility index (Phi) is 7.25. The van der Waals surface area contributed by atoms with Gasteiger partial charge in [-0.05, 0) is 13.0 Å². The number of carbonyl (C=O) groups excluding carboxylic acids is 1. The van der Waals surface area contributed by atoms with Gasteiger partial charge in [0.2, 0.25) is 5.91 Å². The van der Waals surface area contributed by atoms with Gasteiger partial charge >= 0.3 is 4.87 Å². The van der Waals surface area contributed by atoms with Gasteiger partial charge in [0.1, 0.15) is 5.75 Å². The summed E-state index contributed by atoms with van der Waals surface area (Å²) >= 11 is 1.18. The lowest BCUT2D eigenvalue weighted by molar-refractivity contribution is -0.134. The van der Waals surface area contributed by atoms with Gasteiger partial charge in [-0.2, -0.15) is 0 Å². The molecule has 0 aliphatic carbocycles. The van der Waals surface area contributed by atoms with Gasteiger partial charge in [0.05, 0.1) is 13.2 Å². The molecule has 1 amide bonds. The quantitative estimate of drug-likeness (QED) is 0.840. The summed E-state index contributed by atoms with van der Waals surface area (Å²) in [6, 6.07) is 7.75. The van der Waals surface area contributed by atoms with Gasteiger partial charge < -0.3 is 19.5 Å². The fourth-order valence-corrected chi connectivity index (χ4v) is 4.01. The van der Waals surface area contributed by atoms with Crippen LogP contribution in [0.2, 0.25) is 0 Å². The van der Waals surface area contributed by atoms with E-state index in [1.807, 2.05) is 41.5 Å². The van der Waals surface area contributed by atoms with Crippen LogP contribution in [-0.2, 0) is 11.3 Å². The van der Waals surface area contributed by atoms with Crippen LogP contribution in [-0.4, -0.2) is 42.1 Å². The zero-order valence-electron chi connectivity index (χ0n) is 14.9. The van der Waals surface area contributed by atoms with Crippen LogP contribution in [0.25, 0.3) is 0 Å². The summed E-state index contributed by atoms with van der Waals surface area (Å²) in [5.74, 6) is 0.855. The van der Waals surface area contributed by atoms with Crippen LogP contribution in [0.4, 0.5) is 0 Å². The lowest BCUT2D eigenvalue weighted by Gasteiger charge is -2.37. The number of benzene rings is 1. The van der Waals surface area contributed by atoms with E-state index in [9.17, 15) is 9.59 Å². The maximum Gasteiger partial charge on any atom is 0.307 e. The molecule has 1 fully saturated rings. The molecule has 1 atom stereocenters. The third-order valence-corrected chi connectivity index (χ3v) is 5.47. The number of para-hydroxylation sites is 1. The van der Waals surface area contributed by atoms with Crippen molar-refractivity contribution in [3.05, 3.63) is 50.6 Å². The number of ether oxygens (including phenoxy) is 1. The first kappa shape index (κ1) is 20.5. The Morgan fingerprint density at radius 2 is 2.15 bits per heavy atom. The molecule has 1 unspecified atom stereocenters. The van der Waals surface area contributed by atoms with Crippen molar-refractivity contribution in [2.75, 3.05) is 26.7 Å². The minimum Gasteiger partial charge on any atom is -0.496 e. The first-order valence-corrected chi connectivity index (χ1v) is 9.28. The standard InChI is InChI=1S/C18H23N3O3S.ClH/c1-13-12-25-18(23)20(13)9-7-17(22)21-10-8-19-11-15(21)14-5-3-4-6-16(14)24-2;/h3-6,12,15,19H,7-11H2,1-2H3;1H. The number of aryl methyl sites for hydroxylation is 1. The fraction of sp³-hybridized carbons (Fsp3) is 0.444. The molecule has 1 N–H and O–H groups in total. The molecule has 26 heavy (non-hydrogen) atoms. The predicted molar refractivity (Wildman–Crippen MR) is 105 cm³/mol.